The van der Waals surface area contributed by atoms with Crippen LogP contribution in [-0.2, 0) is 6.42 Å². The number of furan rings is 1. The van der Waals surface area contributed by atoms with E-state index in [0.717, 1.165) is 23.5 Å². The molecule has 0 bridgehead atoms. The Bertz CT molecular complexity index is 771. The van der Waals surface area contributed by atoms with Crippen LogP contribution in [-0.4, -0.2) is 0 Å². The van der Waals surface area contributed by atoms with Gasteiger partial charge in [0.15, 0.2) is 0 Å². The van der Waals surface area contributed by atoms with Crippen molar-refractivity contribution in [2.24, 2.45) is 0 Å². The molecule has 2 heterocycles. The van der Waals surface area contributed by atoms with Crippen molar-refractivity contribution in [3.63, 3.8) is 0 Å². The minimum atomic E-state index is -4.94. The minimum Gasteiger partial charge on any atom is -0.455 e. The molecular weight excluding hydrogens is 372 g/mol. The van der Waals surface area contributed by atoms with Gasteiger partial charge in [0.1, 0.15) is 0 Å². The molecule has 0 N–H and O–H groups in total. The zero-order valence-corrected chi connectivity index (χ0v) is 15.7. The maximum absolute atomic E-state index is 8.49. The monoisotopic (exact) mass is 392 g/mol. The van der Waals surface area contributed by atoms with Crippen LogP contribution in [0.3, 0.4) is 0 Å². The summed E-state index contributed by atoms with van der Waals surface area (Å²) in [5, 5.41) is 0. The van der Waals surface area contributed by atoms with Gasteiger partial charge in [-0.2, -0.15) is 0 Å². The fourth-order valence-corrected chi connectivity index (χ4v) is 2.54. The van der Waals surface area contributed by atoms with E-state index in [1.807, 2.05) is 18.2 Å². The Morgan fingerprint density at radius 3 is 2.07 bits per heavy atom. The predicted octanol–water partition coefficient (Wildman–Crippen LogP) is 1.46. The van der Waals surface area contributed by atoms with Gasteiger partial charge < -0.3 is 4.42 Å². The van der Waals surface area contributed by atoms with E-state index in [2.05, 4.69) is 37.3 Å². The minimum absolute atomic E-state index is 0.741. The molecule has 0 spiro atoms. The molecule has 0 saturated heterocycles. The molecule has 0 atom stereocenters. The van der Waals surface area contributed by atoms with E-state index >= 15 is 0 Å². The molecule has 3 aromatic rings. The lowest BCUT2D eigenvalue weighted by molar-refractivity contribution is -2.00. The Morgan fingerprint density at radius 2 is 1.56 bits per heavy atom. The molecule has 0 radical (unpaired) electrons. The number of hydrogen-bond donors (Lipinski definition) is 0. The quantitative estimate of drug-likeness (QED) is 0.463. The molecule has 0 unspecified atom stereocenters. The van der Waals surface area contributed by atoms with Crippen molar-refractivity contribution in [3.8, 4) is 22.6 Å². The van der Waals surface area contributed by atoms with E-state index in [4.69, 9.17) is 27.5 Å². The molecule has 0 saturated carbocycles. The van der Waals surface area contributed by atoms with E-state index in [9.17, 15) is 0 Å². The third-order valence-corrected chi connectivity index (χ3v) is 3.85. The topological polar surface area (TPSA) is 117 Å². The first kappa shape index (κ1) is 21.1. The molecule has 7 heteroatoms. The molecule has 27 heavy (non-hydrogen) atoms. The van der Waals surface area contributed by atoms with Crippen molar-refractivity contribution in [1.82, 2.24) is 0 Å². The number of unbranched alkanes of at least 4 members (excludes halogenated alkanes) is 2. The highest BCUT2D eigenvalue weighted by Gasteiger charge is 2.14. The van der Waals surface area contributed by atoms with Crippen LogP contribution in [0.1, 0.15) is 31.7 Å². The number of benzene rings is 1. The zero-order valence-electron chi connectivity index (χ0n) is 14.9. The van der Waals surface area contributed by atoms with Gasteiger partial charge in [0.05, 0.1) is 11.8 Å². The van der Waals surface area contributed by atoms with E-state index in [0.29, 0.717) is 0 Å². The van der Waals surface area contributed by atoms with Crippen molar-refractivity contribution >= 4 is 0 Å². The number of halogens is 1. The van der Waals surface area contributed by atoms with E-state index in [-0.39, 0.29) is 0 Å². The first-order valence-corrected chi connectivity index (χ1v) is 9.77. The number of hydrogen-bond acceptors (Lipinski definition) is 5. The smallest absolute Gasteiger partial charge is 0.394 e. The van der Waals surface area contributed by atoms with Crippen LogP contribution in [0.2, 0.25) is 0 Å². The van der Waals surface area contributed by atoms with Crippen LogP contribution in [0.25, 0.3) is 22.6 Å². The molecule has 0 fully saturated rings. The van der Waals surface area contributed by atoms with Crippen LogP contribution in [0, 0.1) is 10.2 Å². The van der Waals surface area contributed by atoms with Gasteiger partial charge in [-0.15, -0.1) is 10.2 Å². The highest BCUT2D eigenvalue weighted by Crippen LogP contribution is 2.25. The molecule has 0 aliphatic carbocycles. The van der Waals surface area contributed by atoms with Crippen molar-refractivity contribution in [2.45, 2.75) is 32.6 Å². The van der Waals surface area contributed by atoms with Crippen LogP contribution in [0.15, 0.2) is 69.9 Å². The van der Waals surface area contributed by atoms with Gasteiger partial charge in [-0.1, -0.05) is 44.0 Å². The molecule has 0 amide bonds. The van der Waals surface area contributed by atoms with E-state index in [1.54, 1.807) is 12.5 Å². The summed E-state index contributed by atoms with van der Waals surface area (Å²) in [5.74, 6) is 1.49. The van der Waals surface area contributed by atoms with Crippen LogP contribution >= 0.6 is 0 Å². The second-order valence-corrected chi connectivity index (χ2v) is 6.65. The molecule has 144 valence electrons. The number of aryl methyl sites for hydroxylation is 1. The molecular formula is C20H21ClO6. The number of rotatable bonds is 6. The van der Waals surface area contributed by atoms with Gasteiger partial charge in [-0.3, -0.25) is 0 Å². The Morgan fingerprint density at radius 1 is 0.889 bits per heavy atom. The van der Waals surface area contributed by atoms with Gasteiger partial charge in [0.25, 0.3) is 0 Å². The lowest BCUT2D eigenvalue weighted by atomic mass is 10.0. The summed E-state index contributed by atoms with van der Waals surface area (Å²) < 4.78 is 45.0. The normalized spacial score (nSPS) is 11.0. The molecule has 1 aromatic carbocycles. The first-order valence-electron chi connectivity index (χ1n) is 8.53. The van der Waals surface area contributed by atoms with Crippen molar-refractivity contribution in [1.29, 1.82) is 0 Å². The van der Waals surface area contributed by atoms with Crippen LogP contribution < -0.4 is 18.6 Å². The SMILES string of the molecule is CCCCCc1ccc(-c2ccc(-c3ccco3)[o+]c2)cc1.[O-][Cl+3]([O-])([O-])[O-]. The summed E-state index contributed by atoms with van der Waals surface area (Å²) in [7, 11) is -4.94. The van der Waals surface area contributed by atoms with Crippen LogP contribution in [0.5, 0.6) is 0 Å². The van der Waals surface area contributed by atoms with Crippen molar-refractivity contribution in [3.05, 3.63) is 66.6 Å². The molecule has 6 nitrogen and oxygen atoms in total. The summed E-state index contributed by atoms with van der Waals surface area (Å²) in [6.45, 7) is 2.24. The second kappa shape index (κ2) is 10.2. The van der Waals surface area contributed by atoms with Crippen molar-refractivity contribution < 1.29 is 37.7 Å². The lowest BCUT2D eigenvalue weighted by Gasteiger charge is -2.17. The molecule has 0 aliphatic heterocycles. The maximum Gasteiger partial charge on any atom is 0.394 e. The highest BCUT2D eigenvalue weighted by molar-refractivity contribution is 5.64. The Kier molecular flexibility index (Phi) is 7.97. The molecule has 3 rings (SSSR count). The largest absolute Gasteiger partial charge is 0.455 e. The summed E-state index contributed by atoms with van der Waals surface area (Å²) in [6.07, 6.45) is 8.43. The molecule has 2 aromatic heterocycles. The van der Waals surface area contributed by atoms with Gasteiger partial charge in [-0.25, -0.2) is 23.1 Å². The fourth-order valence-electron chi connectivity index (χ4n) is 2.54. The highest BCUT2D eigenvalue weighted by atomic mass is 35.7. The predicted molar refractivity (Wildman–Crippen MR) is 89.5 cm³/mol. The first-order chi connectivity index (χ1) is 12.9. The standard InChI is InChI=1S/C20H21O2.ClHO4/c1-2-3-4-6-16-8-10-17(11-9-16)18-12-13-20(22-15-18)19-7-5-14-21-19;2-1(3,4)5/h5,7-15H,2-4,6H2,1H3;(H,2,3,4,5)/q+1;/p-1. The van der Waals surface area contributed by atoms with Crippen LogP contribution in [0.4, 0.5) is 0 Å². The molecule has 0 aliphatic rings. The lowest BCUT2D eigenvalue weighted by Crippen LogP contribution is -2.68. The summed E-state index contributed by atoms with van der Waals surface area (Å²) in [6, 6.07) is 16.5. The van der Waals surface area contributed by atoms with E-state index < -0.39 is 10.2 Å². The van der Waals surface area contributed by atoms with E-state index in [1.165, 1.54) is 30.4 Å². The fraction of sp³-hybridized carbons (Fsp3) is 0.250. The summed E-state index contributed by atoms with van der Waals surface area (Å²) in [5.41, 5.74) is 3.66. The van der Waals surface area contributed by atoms with Gasteiger partial charge >= 0.3 is 12.0 Å². The third kappa shape index (κ3) is 7.90. The summed E-state index contributed by atoms with van der Waals surface area (Å²) in [4.78, 5) is 0. The van der Waals surface area contributed by atoms with Gasteiger partial charge in [0.2, 0.25) is 5.76 Å². The zero-order chi connectivity index (χ0) is 19.7. The van der Waals surface area contributed by atoms with Gasteiger partial charge in [0, 0.05) is 6.07 Å². The Hall–Kier alpha value is -2.22. The third-order valence-electron chi connectivity index (χ3n) is 3.85. The average molecular weight is 393 g/mol. The van der Waals surface area contributed by atoms with Gasteiger partial charge in [-0.05, 0) is 42.2 Å². The maximum atomic E-state index is 8.49. The Balaban J connectivity index is 0.000000465. The Labute approximate surface area is 160 Å². The summed E-state index contributed by atoms with van der Waals surface area (Å²) >= 11 is 0. The second-order valence-electron chi connectivity index (χ2n) is 5.90. The average Bonchev–Trinajstić information content (AvgIpc) is 3.16. The van der Waals surface area contributed by atoms with Crippen molar-refractivity contribution in [2.75, 3.05) is 0 Å².